The monoisotopic (exact) mass is 811 g/mol. The average molecular weight is 811 g/mol. The molecule has 0 saturated heterocycles. The van der Waals surface area contributed by atoms with Crippen LogP contribution in [0.1, 0.15) is 149 Å². The molecule has 1 unspecified atom stereocenters. The van der Waals surface area contributed by atoms with E-state index >= 15 is 0 Å². The van der Waals surface area contributed by atoms with Crippen molar-refractivity contribution >= 4 is 17.9 Å². The second-order valence-electron chi connectivity index (χ2n) is 13.9. The standard InChI is InChI=1S/C53H78O6/c1-4-7-10-13-16-19-22-25-26-27-29-31-34-37-40-43-46-52(55)58-49-50(48-57-51(54)45-42-39-36-33-30-24-21-18-15-12-9-6-3)59-53(56)47-44-41-38-35-32-28-23-20-17-14-11-8-5-2/h7-12,14,16-21,23,25-26,28-29,31-32,35,37-38,40,50H,4-6,13,15,22,24,27,30,33-34,36,39,41-49H2,1-3H3/b10-7-,11-8-,12-9-,17-14-,19-16-,21-18-,23-20-,26-25-,31-29-,32-28-,38-35-,40-37-. The lowest BCUT2D eigenvalue weighted by Gasteiger charge is -2.18. The summed E-state index contributed by atoms with van der Waals surface area (Å²) in [5, 5.41) is 0. The summed E-state index contributed by atoms with van der Waals surface area (Å²) in [6.45, 7) is 6.08. The molecule has 0 bridgehead atoms. The molecule has 59 heavy (non-hydrogen) atoms. The Hall–Kier alpha value is -4.71. The summed E-state index contributed by atoms with van der Waals surface area (Å²) < 4.78 is 16.5. The largest absolute Gasteiger partial charge is 0.462 e. The summed E-state index contributed by atoms with van der Waals surface area (Å²) in [4.78, 5) is 37.7. The van der Waals surface area contributed by atoms with Crippen LogP contribution < -0.4 is 0 Å². The topological polar surface area (TPSA) is 78.9 Å². The van der Waals surface area contributed by atoms with Gasteiger partial charge in [-0.1, -0.05) is 186 Å². The first kappa shape index (κ1) is 54.3. The van der Waals surface area contributed by atoms with Gasteiger partial charge in [0.1, 0.15) is 13.2 Å². The highest BCUT2D eigenvalue weighted by atomic mass is 16.6. The van der Waals surface area contributed by atoms with E-state index < -0.39 is 12.1 Å². The maximum absolute atomic E-state index is 12.7. The highest BCUT2D eigenvalue weighted by molar-refractivity contribution is 5.71. The maximum Gasteiger partial charge on any atom is 0.306 e. The summed E-state index contributed by atoms with van der Waals surface area (Å²) in [6, 6.07) is 0. The molecule has 0 radical (unpaired) electrons. The van der Waals surface area contributed by atoms with Crippen LogP contribution in [0, 0.1) is 0 Å². The van der Waals surface area contributed by atoms with Crippen LogP contribution in [0.3, 0.4) is 0 Å². The van der Waals surface area contributed by atoms with E-state index in [9.17, 15) is 14.4 Å². The first-order valence-electron chi connectivity index (χ1n) is 22.4. The fourth-order valence-electron chi connectivity index (χ4n) is 5.20. The van der Waals surface area contributed by atoms with E-state index in [1.165, 1.54) is 0 Å². The molecule has 0 N–H and O–H groups in total. The molecule has 1 atom stereocenters. The van der Waals surface area contributed by atoms with E-state index in [0.29, 0.717) is 25.7 Å². The SMILES string of the molecule is CC\C=C/C=C\C=C/C=C\C=C/CCCC(=O)OC(COC(=O)CC/C=C\C/C=C\C/C=C\C/C=C\C/C=C\CC)COC(=O)CCCCCCC/C=C\C/C=C\CC. The van der Waals surface area contributed by atoms with E-state index in [0.717, 1.165) is 89.9 Å². The van der Waals surface area contributed by atoms with Crippen molar-refractivity contribution in [1.82, 2.24) is 0 Å². The lowest BCUT2D eigenvalue weighted by atomic mass is 10.1. The third-order valence-electron chi connectivity index (χ3n) is 8.46. The Morgan fingerprint density at radius 2 is 0.746 bits per heavy atom. The van der Waals surface area contributed by atoms with Crippen LogP contribution in [0.2, 0.25) is 0 Å². The van der Waals surface area contributed by atoms with E-state index in [2.05, 4.69) is 99.8 Å². The molecular weight excluding hydrogens is 733 g/mol. The molecule has 326 valence electrons. The van der Waals surface area contributed by atoms with Crippen molar-refractivity contribution in [3.8, 4) is 0 Å². The van der Waals surface area contributed by atoms with Gasteiger partial charge >= 0.3 is 17.9 Å². The van der Waals surface area contributed by atoms with Gasteiger partial charge in [0.2, 0.25) is 0 Å². The Balaban J connectivity index is 4.67. The molecule has 0 saturated carbocycles. The van der Waals surface area contributed by atoms with E-state index in [1.807, 2.05) is 66.8 Å². The highest BCUT2D eigenvalue weighted by Gasteiger charge is 2.19. The van der Waals surface area contributed by atoms with E-state index in [1.54, 1.807) is 0 Å². The maximum atomic E-state index is 12.7. The van der Waals surface area contributed by atoms with Gasteiger partial charge in [-0.3, -0.25) is 14.4 Å². The van der Waals surface area contributed by atoms with Gasteiger partial charge in [-0.25, -0.2) is 0 Å². The highest BCUT2D eigenvalue weighted by Crippen LogP contribution is 2.10. The van der Waals surface area contributed by atoms with Crippen LogP contribution in [-0.2, 0) is 28.6 Å². The van der Waals surface area contributed by atoms with Crippen LogP contribution in [0.5, 0.6) is 0 Å². The van der Waals surface area contributed by atoms with Crippen LogP contribution in [0.25, 0.3) is 0 Å². The molecule has 0 spiro atoms. The summed E-state index contributed by atoms with van der Waals surface area (Å²) in [5.41, 5.74) is 0. The number of carbonyl (C=O) groups is 3. The third kappa shape index (κ3) is 44.2. The normalized spacial score (nSPS) is 13.5. The zero-order valence-electron chi connectivity index (χ0n) is 36.9. The van der Waals surface area contributed by atoms with Gasteiger partial charge in [0.15, 0.2) is 6.10 Å². The predicted molar refractivity (Wildman–Crippen MR) is 251 cm³/mol. The van der Waals surface area contributed by atoms with Crippen LogP contribution in [0.4, 0.5) is 0 Å². The minimum absolute atomic E-state index is 0.144. The number of carbonyl (C=O) groups excluding carboxylic acids is 3. The molecular formula is C53H78O6. The number of hydrogen-bond acceptors (Lipinski definition) is 6. The zero-order valence-corrected chi connectivity index (χ0v) is 36.9. The molecule has 0 aromatic rings. The summed E-state index contributed by atoms with van der Waals surface area (Å²) in [6.07, 6.45) is 65.7. The first-order valence-corrected chi connectivity index (χ1v) is 22.4. The smallest absolute Gasteiger partial charge is 0.306 e. The van der Waals surface area contributed by atoms with Gasteiger partial charge in [0.05, 0.1) is 0 Å². The molecule has 6 nitrogen and oxygen atoms in total. The molecule has 0 aliphatic rings. The Kier molecular flexibility index (Phi) is 42.3. The number of unbranched alkanes of at least 4 members (excludes halogenated alkanes) is 6. The lowest BCUT2D eigenvalue weighted by Crippen LogP contribution is -2.30. The first-order chi connectivity index (χ1) is 29.0. The molecule has 0 rings (SSSR count). The van der Waals surface area contributed by atoms with Crippen molar-refractivity contribution in [1.29, 1.82) is 0 Å². The number of hydrogen-bond donors (Lipinski definition) is 0. The fraction of sp³-hybridized carbons (Fsp3) is 0.491. The molecule has 0 aromatic heterocycles. The molecule has 0 heterocycles. The summed E-state index contributed by atoms with van der Waals surface area (Å²) in [5.74, 6) is -1.14. The van der Waals surface area contributed by atoms with Crippen molar-refractivity contribution in [2.24, 2.45) is 0 Å². The van der Waals surface area contributed by atoms with Crippen molar-refractivity contribution < 1.29 is 28.6 Å². The zero-order chi connectivity index (χ0) is 43.0. The molecule has 0 aliphatic heterocycles. The Morgan fingerprint density at radius 3 is 1.29 bits per heavy atom. The third-order valence-corrected chi connectivity index (χ3v) is 8.46. The summed E-state index contributed by atoms with van der Waals surface area (Å²) in [7, 11) is 0. The molecule has 0 fully saturated rings. The van der Waals surface area contributed by atoms with Crippen molar-refractivity contribution in [3.05, 3.63) is 146 Å². The predicted octanol–water partition coefficient (Wildman–Crippen LogP) is 14.5. The van der Waals surface area contributed by atoms with Gasteiger partial charge in [0, 0.05) is 19.3 Å². The fourth-order valence-corrected chi connectivity index (χ4v) is 5.20. The van der Waals surface area contributed by atoms with E-state index in [-0.39, 0.29) is 38.0 Å². The second-order valence-corrected chi connectivity index (χ2v) is 13.9. The van der Waals surface area contributed by atoms with Crippen LogP contribution in [-0.4, -0.2) is 37.2 Å². The number of allylic oxidation sites excluding steroid dienone is 24. The van der Waals surface area contributed by atoms with Gasteiger partial charge in [-0.15, -0.1) is 0 Å². The minimum Gasteiger partial charge on any atom is -0.462 e. The number of ether oxygens (including phenoxy) is 3. The van der Waals surface area contributed by atoms with Gasteiger partial charge in [-0.2, -0.15) is 0 Å². The van der Waals surface area contributed by atoms with Crippen LogP contribution >= 0.6 is 0 Å². The minimum atomic E-state index is -0.855. The lowest BCUT2D eigenvalue weighted by molar-refractivity contribution is -0.166. The van der Waals surface area contributed by atoms with Gasteiger partial charge in [0.25, 0.3) is 0 Å². The molecule has 0 amide bonds. The number of esters is 3. The Labute approximate surface area is 359 Å². The Bertz CT molecular complexity index is 1390. The number of rotatable bonds is 37. The Morgan fingerprint density at radius 1 is 0.356 bits per heavy atom. The van der Waals surface area contributed by atoms with Gasteiger partial charge in [-0.05, 0) is 89.9 Å². The second kappa shape index (κ2) is 46.0. The van der Waals surface area contributed by atoms with Crippen molar-refractivity contribution in [2.45, 2.75) is 155 Å². The van der Waals surface area contributed by atoms with Gasteiger partial charge < -0.3 is 14.2 Å². The summed E-state index contributed by atoms with van der Waals surface area (Å²) >= 11 is 0. The van der Waals surface area contributed by atoms with Crippen molar-refractivity contribution in [3.63, 3.8) is 0 Å². The average Bonchev–Trinajstić information content (AvgIpc) is 3.23. The molecule has 0 aliphatic carbocycles. The van der Waals surface area contributed by atoms with E-state index in [4.69, 9.17) is 14.2 Å². The van der Waals surface area contributed by atoms with Crippen molar-refractivity contribution in [2.75, 3.05) is 13.2 Å². The van der Waals surface area contributed by atoms with Crippen LogP contribution in [0.15, 0.2) is 146 Å². The molecule has 0 aromatic carbocycles. The molecule has 6 heteroatoms. The quantitative estimate of drug-likeness (QED) is 0.0204.